The lowest BCUT2D eigenvalue weighted by atomic mass is 10.1. The Morgan fingerprint density at radius 1 is 1.60 bits per heavy atom. The number of halogens is 2. The van der Waals surface area contributed by atoms with Gasteiger partial charge in [-0.15, -0.1) is 6.42 Å². The van der Waals surface area contributed by atoms with E-state index in [1.165, 1.54) is 0 Å². The van der Waals surface area contributed by atoms with Gasteiger partial charge in [0.25, 0.3) is 0 Å². The zero-order valence-corrected chi connectivity index (χ0v) is 10.9. The van der Waals surface area contributed by atoms with E-state index in [-0.39, 0.29) is 6.04 Å². The van der Waals surface area contributed by atoms with E-state index in [2.05, 4.69) is 34.1 Å². The van der Waals surface area contributed by atoms with Crippen molar-refractivity contribution >= 4 is 27.5 Å². The second kappa shape index (κ2) is 6.17. The first-order chi connectivity index (χ1) is 7.19. The smallest absolute Gasteiger partial charge is 0.0954 e. The molecule has 0 heterocycles. The Hall–Kier alpha value is -0.490. The van der Waals surface area contributed by atoms with Crippen molar-refractivity contribution in [2.24, 2.45) is 0 Å². The van der Waals surface area contributed by atoms with Gasteiger partial charge in [0.05, 0.1) is 6.04 Å². The minimum absolute atomic E-state index is 0.0587. The average Bonchev–Trinajstić information content (AvgIpc) is 2.21. The molecule has 1 nitrogen and oxygen atoms in total. The summed E-state index contributed by atoms with van der Waals surface area (Å²) in [5.74, 6) is 2.73. The molecule has 3 heteroatoms. The van der Waals surface area contributed by atoms with Gasteiger partial charge in [-0.1, -0.05) is 46.4 Å². The number of hydrogen-bond donors (Lipinski definition) is 1. The Morgan fingerprint density at radius 3 is 2.87 bits per heavy atom. The highest BCUT2D eigenvalue weighted by atomic mass is 79.9. The SMILES string of the molecule is C#CC(NCCC)c1ccc(Cl)cc1Br. The average molecular weight is 287 g/mol. The first-order valence-corrected chi connectivity index (χ1v) is 6.00. The van der Waals surface area contributed by atoms with Gasteiger partial charge in [-0.25, -0.2) is 0 Å². The van der Waals surface area contributed by atoms with Crippen LogP contribution in [0.15, 0.2) is 22.7 Å². The van der Waals surface area contributed by atoms with Crippen LogP contribution in [0, 0.1) is 12.3 Å². The molecular formula is C12H13BrClN. The predicted octanol–water partition coefficient (Wildman–Crippen LogP) is 3.78. The summed E-state index contributed by atoms with van der Waals surface area (Å²) in [7, 11) is 0. The summed E-state index contributed by atoms with van der Waals surface area (Å²) >= 11 is 9.33. The van der Waals surface area contributed by atoms with Gasteiger partial charge in [-0.3, -0.25) is 5.32 Å². The van der Waals surface area contributed by atoms with Crippen molar-refractivity contribution in [1.29, 1.82) is 0 Å². The highest BCUT2D eigenvalue weighted by molar-refractivity contribution is 9.10. The van der Waals surface area contributed by atoms with E-state index in [0.717, 1.165) is 23.0 Å². The molecule has 0 bridgehead atoms. The van der Waals surface area contributed by atoms with E-state index in [4.69, 9.17) is 18.0 Å². The Balaban J connectivity index is 2.88. The van der Waals surface area contributed by atoms with E-state index in [1.807, 2.05) is 18.2 Å². The topological polar surface area (TPSA) is 12.0 Å². The zero-order chi connectivity index (χ0) is 11.3. The Morgan fingerprint density at radius 2 is 2.33 bits per heavy atom. The molecule has 0 spiro atoms. The Bertz CT molecular complexity index is 370. The normalized spacial score (nSPS) is 12.1. The third-order valence-electron chi connectivity index (χ3n) is 2.04. The highest BCUT2D eigenvalue weighted by Crippen LogP contribution is 2.26. The van der Waals surface area contributed by atoms with Crippen molar-refractivity contribution in [2.75, 3.05) is 6.54 Å². The van der Waals surface area contributed by atoms with Gasteiger partial charge in [-0.05, 0) is 30.7 Å². The fourth-order valence-electron chi connectivity index (χ4n) is 1.28. The summed E-state index contributed by atoms with van der Waals surface area (Å²) in [6, 6.07) is 5.59. The van der Waals surface area contributed by atoms with Crippen LogP contribution in [-0.4, -0.2) is 6.54 Å². The third kappa shape index (κ3) is 3.53. The maximum Gasteiger partial charge on any atom is 0.0954 e. The molecule has 1 aromatic rings. The second-order valence-electron chi connectivity index (χ2n) is 3.22. The molecule has 0 aliphatic carbocycles. The fourth-order valence-corrected chi connectivity index (χ4v) is 2.19. The molecule has 0 saturated carbocycles. The van der Waals surface area contributed by atoms with Crippen LogP contribution in [0.2, 0.25) is 5.02 Å². The number of rotatable bonds is 4. The molecule has 0 saturated heterocycles. The molecule has 1 atom stereocenters. The van der Waals surface area contributed by atoms with Crippen molar-refractivity contribution in [1.82, 2.24) is 5.32 Å². The molecule has 0 amide bonds. The summed E-state index contributed by atoms with van der Waals surface area (Å²) in [5.41, 5.74) is 1.05. The Kier molecular flexibility index (Phi) is 5.17. The van der Waals surface area contributed by atoms with Gasteiger partial charge < -0.3 is 0 Å². The van der Waals surface area contributed by atoms with Crippen molar-refractivity contribution in [3.63, 3.8) is 0 Å². The first kappa shape index (κ1) is 12.6. The summed E-state index contributed by atoms with van der Waals surface area (Å²) in [4.78, 5) is 0. The number of hydrogen-bond acceptors (Lipinski definition) is 1. The maximum absolute atomic E-state index is 5.87. The van der Waals surface area contributed by atoms with Crippen LogP contribution in [0.25, 0.3) is 0 Å². The van der Waals surface area contributed by atoms with Crippen LogP contribution in [0.5, 0.6) is 0 Å². The summed E-state index contributed by atoms with van der Waals surface area (Å²) in [6.07, 6.45) is 6.55. The van der Waals surface area contributed by atoms with E-state index >= 15 is 0 Å². The minimum atomic E-state index is -0.0587. The molecule has 80 valence electrons. The molecule has 0 aromatic heterocycles. The van der Waals surface area contributed by atoms with Gasteiger partial charge in [0.15, 0.2) is 0 Å². The molecule has 0 aliphatic rings. The summed E-state index contributed by atoms with van der Waals surface area (Å²) < 4.78 is 0.946. The largest absolute Gasteiger partial charge is 0.300 e. The lowest BCUT2D eigenvalue weighted by molar-refractivity contribution is 0.625. The van der Waals surface area contributed by atoms with Crippen LogP contribution in [0.1, 0.15) is 24.9 Å². The molecular weight excluding hydrogens is 273 g/mol. The van der Waals surface area contributed by atoms with E-state index in [0.29, 0.717) is 5.02 Å². The lowest BCUT2D eigenvalue weighted by Crippen LogP contribution is -2.20. The van der Waals surface area contributed by atoms with Gasteiger partial charge in [-0.2, -0.15) is 0 Å². The Labute approximate surface area is 104 Å². The molecule has 1 unspecified atom stereocenters. The number of benzene rings is 1. The molecule has 1 rings (SSSR count). The van der Waals surface area contributed by atoms with Gasteiger partial charge in [0.2, 0.25) is 0 Å². The second-order valence-corrected chi connectivity index (χ2v) is 4.51. The van der Waals surface area contributed by atoms with Crippen molar-refractivity contribution in [2.45, 2.75) is 19.4 Å². The molecule has 0 fully saturated rings. The fraction of sp³-hybridized carbons (Fsp3) is 0.333. The summed E-state index contributed by atoms with van der Waals surface area (Å²) in [5, 5.41) is 3.99. The van der Waals surface area contributed by atoms with Crippen LogP contribution in [-0.2, 0) is 0 Å². The zero-order valence-electron chi connectivity index (χ0n) is 8.56. The highest BCUT2D eigenvalue weighted by Gasteiger charge is 2.10. The van der Waals surface area contributed by atoms with E-state index in [1.54, 1.807) is 0 Å². The van der Waals surface area contributed by atoms with Crippen LogP contribution in [0.3, 0.4) is 0 Å². The van der Waals surface area contributed by atoms with E-state index < -0.39 is 0 Å². The van der Waals surface area contributed by atoms with Gasteiger partial charge >= 0.3 is 0 Å². The molecule has 1 aromatic carbocycles. The first-order valence-electron chi connectivity index (χ1n) is 4.83. The van der Waals surface area contributed by atoms with Crippen molar-refractivity contribution in [3.8, 4) is 12.3 Å². The molecule has 15 heavy (non-hydrogen) atoms. The predicted molar refractivity (Wildman–Crippen MR) is 69.0 cm³/mol. The van der Waals surface area contributed by atoms with Crippen LogP contribution >= 0.6 is 27.5 Å². The minimum Gasteiger partial charge on any atom is -0.300 e. The molecule has 0 radical (unpaired) electrons. The lowest BCUT2D eigenvalue weighted by Gasteiger charge is -2.14. The quantitative estimate of drug-likeness (QED) is 0.831. The monoisotopic (exact) mass is 285 g/mol. The number of terminal acetylenes is 1. The van der Waals surface area contributed by atoms with Crippen LogP contribution < -0.4 is 5.32 Å². The molecule has 1 N–H and O–H groups in total. The summed E-state index contributed by atoms with van der Waals surface area (Å²) in [6.45, 7) is 3.02. The third-order valence-corrected chi connectivity index (χ3v) is 2.96. The van der Waals surface area contributed by atoms with Gasteiger partial charge in [0.1, 0.15) is 0 Å². The number of nitrogens with one attached hydrogen (secondary N) is 1. The van der Waals surface area contributed by atoms with Crippen LogP contribution in [0.4, 0.5) is 0 Å². The van der Waals surface area contributed by atoms with Crippen molar-refractivity contribution in [3.05, 3.63) is 33.3 Å². The maximum atomic E-state index is 5.87. The standard InChI is InChI=1S/C12H13BrClN/c1-3-7-15-12(4-2)10-6-5-9(14)8-11(10)13/h2,5-6,8,12,15H,3,7H2,1H3. The van der Waals surface area contributed by atoms with E-state index in [9.17, 15) is 0 Å². The molecule has 0 aliphatic heterocycles. The van der Waals surface area contributed by atoms with Crippen molar-refractivity contribution < 1.29 is 0 Å². The van der Waals surface area contributed by atoms with Gasteiger partial charge in [0, 0.05) is 9.50 Å².